The topological polar surface area (TPSA) is 85.4 Å². The summed E-state index contributed by atoms with van der Waals surface area (Å²) >= 11 is 3.32. The molecule has 0 bridgehead atoms. The van der Waals surface area contributed by atoms with Crippen LogP contribution in [0.2, 0.25) is 0 Å². The van der Waals surface area contributed by atoms with Crippen LogP contribution in [-0.2, 0) is 0 Å². The summed E-state index contributed by atoms with van der Waals surface area (Å²) < 4.78 is 5.94. The maximum atomic E-state index is 5.94. The molecule has 0 saturated carbocycles. The largest absolute Gasteiger partial charge is 0.490 e. The average molecular weight is 727 g/mol. The second kappa shape index (κ2) is 21.4. The standard InChI is InChI=1S/C32H42N8OS2.C6H6.C2H6/c1-6-8-24(7-2)22-42-26-9-11-27(12-10-26)43-32-34-30(33-28-21-23(3)36-37-28)29(41-5)31(35-32)40-15-13-25(14-16-40)39-19-17-38(4)18-20-39;1-2-4-6-5-3-1;1-2/h6-12,21,25H,1-2,13-20,22H2,3-5H3,(H2,33,34,35,36,37);1-6H;1-2H3/b24-8+;;. The minimum Gasteiger partial charge on any atom is -0.490 e. The van der Waals surface area contributed by atoms with Gasteiger partial charge in [0, 0.05) is 72.6 Å². The van der Waals surface area contributed by atoms with Gasteiger partial charge in [0.15, 0.2) is 22.6 Å². The molecule has 2 N–H and O–H groups in total. The third-order valence-corrected chi connectivity index (χ3v) is 10.5. The molecule has 0 unspecified atom stereocenters. The molecule has 2 aliphatic heterocycles. The molecule has 0 radical (unpaired) electrons. The lowest BCUT2D eigenvalue weighted by Gasteiger charge is -2.42. The first kappa shape index (κ1) is 39.8. The Kier molecular flexibility index (Phi) is 16.6. The number of hydrogen-bond acceptors (Lipinski definition) is 10. The zero-order chi connectivity index (χ0) is 36.4. The number of hydrogen-bond donors (Lipinski definition) is 2. The van der Waals surface area contributed by atoms with E-state index in [0.717, 1.165) is 79.8 Å². The van der Waals surface area contributed by atoms with Crippen molar-refractivity contribution in [3.05, 3.63) is 109 Å². The molecule has 2 aromatic carbocycles. The molecule has 11 heteroatoms. The number of methoxy groups -OCH3 is 1. The van der Waals surface area contributed by atoms with Crippen LogP contribution in [0.4, 0.5) is 17.5 Å². The molecule has 2 aliphatic rings. The van der Waals surface area contributed by atoms with Gasteiger partial charge in [0.1, 0.15) is 0 Å². The fourth-order valence-electron chi connectivity index (χ4n) is 5.77. The summed E-state index contributed by atoms with van der Waals surface area (Å²) in [6.45, 7) is 20.1. The normalized spacial score (nSPS) is 15.5. The number of thioether (sulfide) groups is 1. The number of H-pyrrole nitrogens is 1. The van der Waals surface area contributed by atoms with E-state index in [1.165, 1.54) is 4.90 Å². The fourth-order valence-corrected chi connectivity index (χ4v) is 7.40. The highest BCUT2D eigenvalue weighted by Crippen LogP contribution is 2.39. The van der Waals surface area contributed by atoms with Crippen molar-refractivity contribution in [2.45, 2.75) is 54.6 Å². The zero-order valence-electron chi connectivity index (χ0n) is 30.8. The van der Waals surface area contributed by atoms with Crippen LogP contribution in [0.5, 0.6) is 5.75 Å². The lowest BCUT2D eigenvalue weighted by atomic mass is 10.0. The molecule has 0 aliphatic carbocycles. The van der Waals surface area contributed by atoms with E-state index in [-0.39, 0.29) is 0 Å². The molecule has 2 fully saturated rings. The predicted molar refractivity (Wildman–Crippen MR) is 217 cm³/mol. The summed E-state index contributed by atoms with van der Waals surface area (Å²) in [7, 11) is 3.90. The van der Waals surface area contributed by atoms with Crippen LogP contribution in [0.1, 0.15) is 32.4 Å². The van der Waals surface area contributed by atoms with Gasteiger partial charge >= 0.3 is 0 Å². The van der Waals surface area contributed by atoms with Crippen molar-refractivity contribution in [2.24, 2.45) is 0 Å². The van der Waals surface area contributed by atoms with E-state index in [1.807, 2.05) is 75.4 Å². The maximum Gasteiger partial charge on any atom is 0.204 e. The Morgan fingerprint density at radius 1 is 0.941 bits per heavy atom. The number of aromatic nitrogens is 4. The number of benzene rings is 2. The Bertz CT molecular complexity index is 1620. The number of ether oxygens (including phenoxy) is 1. The summed E-state index contributed by atoms with van der Waals surface area (Å²) in [5.74, 6) is 3.61. The van der Waals surface area contributed by atoms with Crippen LogP contribution < -0.4 is 15.0 Å². The number of allylic oxidation sites excluding steroid dienone is 3. The van der Waals surface area contributed by atoms with Gasteiger partial charge in [-0.15, -0.1) is 11.8 Å². The zero-order valence-corrected chi connectivity index (χ0v) is 32.5. The molecule has 2 aromatic heterocycles. The number of anilines is 3. The van der Waals surface area contributed by atoms with Crippen molar-refractivity contribution in [2.75, 3.05) is 69.4 Å². The summed E-state index contributed by atoms with van der Waals surface area (Å²) in [4.78, 5) is 19.7. The molecule has 4 aromatic rings. The second-order valence-corrected chi connectivity index (χ2v) is 14.1. The average Bonchev–Trinajstić information content (AvgIpc) is 3.59. The van der Waals surface area contributed by atoms with Crippen molar-refractivity contribution in [3.63, 3.8) is 0 Å². The minimum atomic E-state index is 0.612. The first-order valence-electron chi connectivity index (χ1n) is 17.7. The molecule has 272 valence electrons. The molecule has 6 rings (SSSR count). The van der Waals surface area contributed by atoms with Gasteiger partial charge in [-0.25, -0.2) is 9.97 Å². The Hall–Kier alpha value is -4.03. The first-order chi connectivity index (χ1) is 24.9. The lowest BCUT2D eigenvalue weighted by molar-refractivity contribution is 0.0980. The van der Waals surface area contributed by atoms with Gasteiger partial charge in [-0.05, 0) is 68.4 Å². The highest BCUT2D eigenvalue weighted by molar-refractivity contribution is 7.99. The van der Waals surface area contributed by atoms with Crippen molar-refractivity contribution < 1.29 is 4.74 Å². The number of piperazine rings is 1. The molecular formula is C40H54N8OS2. The molecule has 0 atom stereocenters. The van der Waals surface area contributed by atoms with Crippen LogP contribution in [0.25, 0.3) is 0 Å². The Morgan fingerprint density at radius 3 is 2.12 bits per heavy atom. The predicted octanol–water partition coefficient (Wildman–Crippen LogP) is 8.73. The first-order valence-corrected chi connectivity index (χ1v) is 19.5. The third kappa shape index (κ3) is 12.3. The fraction of sp³-hybridized carbons (Fsp3) is 0.375. The van der Waals surface area contributed by atoms with Crippen LogP contribution in [0.15, 0.2) is 119 Å². The van der Waals surface area contributed by atoms with Crippen molar-refractivity contribution in [3.8, 4) is 5.75 Å². The van der Waals surface area contributed by atoms with Crippen molar-refractivity contribution >= 4 is 41.0 Å². The van der Waals surface area contributed by atoms with E-state index >= 15 is 0 Å². The van der Waals surface area contributed by atoms with Gasteiger partial charge in [-0.2, -0.15) is 5.10 Å². The van der Waals surface area contributed by atoms with Gasteiger partial charge in [-0.3, -0.25) is 10.00 Å². The summed E-state index contributed by atoms with van der Waals surface area (Å²) in [5.41, 5.74) is 2.12. The lowest BCUT2D eigenvalue weighted by Crippen LogP contribution is -2.52. The summed E-state index contributed by atoms with van der Waals surface area (Å²) in [5, 5.41) is 11.4. The molecule has 0 spiro atoms. The van der Waals surface area contributed by atoms with Crippen molar-refractivity contribution in [1.82, 2.24) is 30.0 Å². The Labute approximate surface area is 313 Å². The molecule has 0 amide bonds. The Balaban J connectivity index is 0.000000651. The minimum absolute atomic E-state index is 0.612. The van der Waals surface area contributed by atoms with Gasteiger partial charge in [0.25, 0.3) is 0 Å². The van der Waals surface area contributed by atoms with Gasteiger partial charge < -0.3 is 19.9 Å². The van der Waals surface area contributed by atoms with Gasteiger partial charge in [0.05, 0.1) is 7.11 Å². The van der Waals surface area contributed by atoms with Gasteiger partial charge in [-0.1, -0.05) is 81.6 Å². The SMILES string of the molecule is C=C/C=C(\C=C)CSc1ccc(Sc2nc(Nc3cc(C)[nH]n3)c(OC)c(N3CCC(N4CCN(C)CC4)CC3)n2)cc1.CC.c1ccccc1. The van der Waals surface area contributed by atoms with Gasteiger partial charge in [0.2, 0.25) is 5.75 Å². The van der Waals surface area contributed by atoms with E-state index in [0.29, 0.717) is 28.6 Å². The van der Waals surface area contributed by atoms with E-state index < -0.39 is 0 Å². The quantitative estimate of drug-likeness (QED) is 0.0840. The molecule has 2 saturated heterocycles. The van der Waals surface area contributed by atoms with E-state index in [2.05, 4.69) is 74.7 Å². The molecule has 9 nitrogen and oxygen atoms in total. The summed E-state index contributed by atoms with van der Waals surface area (Å²) in [6.07, 6.45) is 7.88. The summed E-state index contributed by atoms with van der Waals surface area (Å²) in [6, 6.07) is 23.1. The number of likely N-dealkylation sites (N-methyl/N-ethyl adjacent to an activating group) is 1. The van der Waals surface area contributed by atoms with E-state index in [4.69, 9.17) is 14.7 Å². The van der Waals surface area contributed by atoms with E-state index in [1.54, 1.807) is 36.7 Å². The van der Waals surface area contributed by atoms with Crippen LogP contribution >= 0.6 is 23.5 Å². The van der Waals surface area contributed by atoms with Crippen molar-refractivity contribution in [1.29, 1.82) is 0 Å². The van der Waals surface area contributed by atoms with Crippen LogP contribution in [-0.4, -0.2) is 95.2 Å². The number of nitrogens with one attached hydrogen (secondary N) is 2. The molecule has 51 heavy (non-hydrogen) atoms. The van der Waals surface area contributed by atoms with E-state index in [9.17, 15) is 0 Å². The molecular weight excluding hydrogens is 673 g/mol. The molecule has 4 heterocycles. The number of piperidine rings is 1. The third-order valence-electron chi connectivity index (χ3n) is 8.50. The number of aromatic amines is 1. The smallest absolute Gasteiger partial charge is 0.204 e. The van der Waals surface area contributed by atoms with Crippen LogP contribution in [0.3, 0.4) is 0 Å². The van der Waals surface area contributed by atoms with Crippen LogP contribution in [0, 0.1) is 6.92 Å². The second-order valence-electron chi connectivity index (χ2n) is 12.0. The number of aryl methyl sites for hydroxylation is 1. The maximum absolute atomic E-state index is 5.94. The number of rotatable bonds is 12. The Morgan fingerprint density at radius 2 is 1.57 bits per heavy atom. The monoisotopic (exact) mass is 726 g/mol. The highest BCUT2D eigenvalue weighted by Gasteiger charge is 2.30. The highest BCUT2D eigenvalue weighted by atomic mass is 32.2. The number of nitrogens with zero attached hydrogens (tertiary/aromatic N) is 6.